The molecule has 0 spiro atoms. The molecule has 1 aliphatic carbocycles. The minimum atomic E-state index is -0.0920. The highest BCUT2D eigenvalue weighted by Crippen LogP contribution is 2.36. The number of nitrogen functional groups attached to an aromatic ring is 1. The molecule has 0 saturated heterocycles. The number of aromatic nitrogens is 2. The van der Waals surface area contributed by atoms with Gasteiger partial charge < -0.3 is 10.5 Å². The van der Waals surface area contributed by atoms with Crippen molar-refractivity contribution in [1.82, 2.24) is 9.97 Å². The van der Waals surface area contributed by atoms with Crippen molar-refractivity contribution in [2.75, 3.05) is 5.73 Å². The molecule has 1 aromatic heterocycles. The fourth-order valence-corrected chi connectivity index (χ4v) is 2.95. The summed E-state index contributed by atoms with van der Waals surface area (Å²) in [4.78, 5) is 9.11. The molecule has 19 heavy (non-hydrogen) atoms. The van der Waals surface area contributed by atoms with E-state index >= 15 is 0 Å². The van der Waals surface area contributed by atoms with E-state index in [1.165, 1.54) is 5.56 Å². The quantitative estimate of drug-likeness (QED) is 0.846. The molecule has 2 aliphatic rings. The number of aryl methyl sites for hydroxylation is 1. The van der Waals surface area contributed by atoms with Crippen LogP contribution in [0.3, 0.4) is 0 Å². The normalized spacial score (nSPS) is 19.9. The molecule has 0 fully saturated rings. The lowest BCUT2D eigenvalue weighted by atomic mass is 10.1. The summed E-state index contributed by atoms with van der Waals surface area (Å²) in [5.74, 6) is 2.31. The minimum Gasteiger partial charge on any atom is -0.482 e. The summed E-state index contributed by atoms with van der Waals surface area (Å²) < 4.78 is 5.93. The number of anilines is 1. The van der Waals surface area contributed by atoms with E-state index < -0.39 is 0 Å². The molecule has 1 atom stereocenters. The Bertz CT molecular complexity index is 629. The molecule has 2 heterocycles. The van der Waals surface area contributed by atoms with E-state index in [4.69, 9.17) is 10.5 Å². The average Bonchev–Trinajstić information content (AvgIpc) is 3.04. The number of ether oxygens (including phenoxy) is 1. The fourth-order valence-electron chi connectivity index (χ4n) is 2.95. The zero-order valence-electron chi connectivity index (χ0n) is 10.6. The van der Waals surface area contributed by atoms with Gasteiger partial charge >= 0.3 is 0 Å². The van der Waals surface area contributed by atoms with Crippen LogP contribution in [0.5, 0.6) is 5.75 Å². The van der Waals surface area contributed by atoms with Crippen LogP contribution in [0.4, 0.5) is 5.82 Å². The molecule has 1 aliphatic heterocycles. The number of benzene rings is 1. The Hall–Kier alpha value is -2.10. The van der Waals surface area contributed by atoms with Crippen LogP contribution < -0.4 is 10.5 Å². The van der Waals surface area contributed by atoms with Crippen molar-refractivity contribution in [2.45, 2.75) is 31.8 Å². The molecule has 0 saturated carbocycles. The standard InChI is InChI=1S/C15H15N3O/c16-14-10-5-3-6-11(10)17-15(18-14)13-8-9-4-1-2-7-12(9)19-13/h1-2,4,7,13H,3,5-6,8H2,(H2,16,17,18). The molecule has 2 aromatic rings. The number of hydrogen-bond donors (Lipinski definition) is 1. The van der Waals surface area contributed by atoms with Gasteiger partial charge in [-0.25, -0.2) is 9.97 Å². The zero-order chi connectivity index (χ0) is 12.8. The number of para-hydroxylation sites is 1. The van der Waals surface area contributed by atoms with Gasteiger partial charge in [-0.2, -0.15) is 0 Å². The van der Waals surface area contributed by atoms with Crippen molar-refractivity contribution in [3.05, 3.63) is 46.9 Å². The third kappa shape index (κ3) is 1.67. The van der Waals surface area contributed by atoms with Gasteiger partial charge in [0.2, 0.25) is 0 Å². The summed E-state index contributed by atoms with van der Waals surface area (Å²) in [5.41, 5.74) is 9.51. The van der Waals surface area contributed by atoms with Crippen LogP contribution in [0.15, 0.2) is 24.3 Å². The highest BCUT2D eigenvalue weighted by molar-refractivity contribution is 5.46. The number of rotatable bonds is 1. The molecule has 1 aromatic carbocycles. The second-order valence-corrected chi connectivity index (χ2v) is 5.16. The van der Waals surface area contributed by atoms with Crippen molar-refractivity contribution in [3.8, 4) is 5.75 Å². The Morgan fingerprint density at radius 2 is 2.05 bits per heavy atom. The number of nitrogens with two attached hydrogens (primary N) is 1. The van der Waals surface area contributed by atoms with E-state index in [9.17, 15) is 0 Å². The summed E-state index contributed by atoms with van der Waals surface area (Å²) in [7, 11) is 0. The van der Waals surface area contributed by atoms with E-state index in [1.54, 1.807) is 0 Å². The Labute approximate surface area is 111 Å². The Kier molecular flexibility index (Phi) is 2.24. The number of nitrogens with zero attached hydrogens (tertiary/aromatic N) is 2. The highest BCUT2D eigenvalue weighted by atomic mass is 16.5. The van der Waals surface area contributed by atoms with E-state index in [-0.39, 0.29) is 6.10 Å². The van der Waals surface area contributed by atoms with Crippen molar-refractivity contribution >= 4 is 5.82 Å². The number of hydrogen-bond acceptors (Lipinski definition) is 4. The van der Waals surface area contributed by atoms with Crippen LogP contribution in [0, 0.1) is 0 Å². The van der Waals surface area contributed by atoms with Gasteiger partial charge in [0.05, 0.1) is 0 Å². The minimum absolute atomic E-state index is 0.0920. The van der Waals surface area contributed by atoms with E-state index in [0.717, 1.165) is 48.5 Å². The maximum atomic E-state index is 6.04. The first-order valence-corrected chi connectivity index (χ1v) is 6.71. The molecule has 4 nitrogen and oxygen atoms in total. The Morgan fingerprint density at radius 3 is 2.95 bits per heavy atom. The van der Waals surface area contributed by atoms with Crippen molar-refractivity contribution in [3.63, 3.8) is 0 Å². The second kappa shape index (κ2) is 3.95. The van der Waals surface area contributed by atoms with Gasteiger partial charge in [-0.1, -0.05) is 18.2 Å². The van der Waals surface area contributed by atoms with E-state index in [1.807, 2.05) is 18.2 Å². The summed E-state index contributed by atoms with van der Waals surface area (Å²) in [5, 5.41) is 0. The highest BCUT2D eigenvalue weighted by Gasteiger charge is 2.28. The van der Waals surface area contributed by atoms with Gasteiger partial charge in [-0.05, 0) is 30.9 Å². The first-order chi connectivity index (χ1) is 9.31. The third-order valence-electron chi connectivity index (χ3n) is 3.92. The Morgan fingerprint density at radius 1 is 1.16 bits per heavy atom. The molecule has 96 valence electrons. The monoisotopic (exact) mass is 253 g/mol. The molecular weight excluding hydrogens is 238 g/mol. The topological polar surface area (TPSA) is 61.0 Å². The van der Waals surface area contributed by atoms with Gasteiger partial charge in [0.25, 0.3) is 0 Å². The van der Waals surface area contributed by atoms with Crippen LogP contribution in [-0.2, 0) is 19.3 Å². The van der Waals surface area contributed by atoms with Crippen LogP contribution in [0.2, 0.25) is 0 Å². The SMILES string of the molecule is Nc1nc(C2Cc3ccccc3O2)nc2c1CCC2. The molecule has 0 amide bonds. The predicted octanol–water partition coefficient (Wildman–Crippen LogP) is 2.22. The predicted molar refractivity (Wildman–Crippen MR) is 72.0 cm³/mol. The van der Waals surface area contributed by atoms with Crippen LogP contribution in [0.1, 0.15) is 35.2 Å². The van der Waals surface area contributed by atoms with Crippen LogP contribution in [-0.4, -0.2) is 9.97 Å². The first kappa shape index (κ1) is 10.8. The lowest BCUT2D eigenvalue weighted by Gasteiger charge is -2.12. The summed E-state index contributed by atoms with van der Waals surface area (Å²) in [6.07, 6.45) is 3.88. The summed E-state index contributed by atoms with van der Waals surface area (Å²) in [6.45, 7) is 0. The van der Waals surface area contributed by atoms with Gasteiger partial charge in [0, 0.05) is 17.7 Å². The van der Waals surface area contributed by atoms with Gasteiger partial charge in [-0.3, -0.25) is 0 Å². The Balaban J connectivity index is 1.70. The molecule has 2 N–H and O–H groups in total. The molecule has 0 bridgehead atoms. The van der Waals surface area contributed by atoms with Crippen molar-refractivity contribution in [2.24, 2.45) is 0 Å². The first-order valence-electron chi connectivity index (χ1n) is 6.71. The van der Waals surface area contributed by atoms with Crippen LogP contribution in [0.25, 0.3) is 0 Å². The molecule has 0 radical (unpaired) electrons. The maximum absolute atomic E-state index is 6.04. The van der Waals surface area contributed by atoms with Crippen molar-refractivity contribution in [1.29, 1.82) is 0 Å². The van der Waals surface area contributed by atoms with E-state index in [0.29, 0.717) is 5.82 Å². The zero-order valence-corrected chi connectivity index (χ0v) is 10.6. The summed E-state index contributed by atoms with van der Waals surface area (Å²) >= 11 is 0. The lowest BCUT2D eigenvalue weighted by Crippen LogP contribution is -2.12. The largest absolute Gasteiger partial charge is 0.482 e. The lowest BCUT2D eigenvalue weighted by molar-refractivity contribution is 0.227. The van der Waals surface area contributed by atoms with Gasteiger partial charge in [0.15, 0.2) is 11.9 Å². The maximum Gasteiger partial charge on any atom is 0.172 e. The van der Waals surface area contributed by atoms with Gasteiger partial charge in [-0.15, -0.1) is 0 Å². The number of fused-ring (bicyclic) bond motifs is 2. The van der Waals surface area contributed by atoms with Crippen molar-refractivity contribution < 1.29 is 4.74 Å². The molecule has 4 heteroatoms. The average molecular weight is 253 g/mol. The van der Waals surface area contributed by atoms with Gasteiger partial charge in [0.1, 0.15) is 11.6 Å². The second-order valence-electron chi connectivity index (χ2n) is 5.16. The summed E-state index contributed by atoms with van der Waals surface area (Å²) in [6, 6.07) is 8.10. The molecular formula is C15H15N3O. The van der Waals surface area contributed by atoms with Crippen LogP contribution >= 0.6 is 0 Å². The molecule has 1 unspecified atom stereocenters. The van der Waals surface area contributed by atoms with E-state index in [2.05, 4.69) is 16.0 Å². The fraction of sp³-hybridized carbons (Fsp3) is 0.333. The smallest absolute Gasteiger partial charge is 0.172 e. The molecule has 4 rings (SSSR count). The third-order valence-corrected chi connectivity index (χ3v) is 3.92.